The van der Waals surface area contributed by atoms with Gasteiger partial charge in [0, 0.05) is 16.1 Å². The normalized spacial score (nSPS) is 12.1. The molecule has 0 fully saturated rings. The van der Waals surface area contributed by atoms with E-state index in [0.717, 1.165) is 11.1 Å². The molecule has 3 aromatic rings. The molecule has 0 saturated heterocycles. The summed E-state index contributed by atoms with van der Waals surface area (Å²) in [6, 6.07) is 14.7. The first-order valence-electron chi connectivity index (χ1n) is 7.40. The second-order valence-electron chi connectivity index (χ2n) is 5.37. The summed E-state index contributed by atoms with van der Waals surface area (Å²) in [5.41, 5.74) is 2.59. The maximum atomic E-state index is 12.4. The third-order valence-corrected chi connectivity index (χ3v) is 4.67. The van der Waals surface area contributed by atoms with Crippen LogP contribution in [-0.4, -0.2) is 21.2 Å². The smallest absolute Gasteiger partial charge is 0.277 e. The first-order valence-corrected chi connectivity index (χ1v) is 8.65. The van der Waals surface area contributed by atoms with Crippen LogP contribution in [0.5, 0.6) is 0 Å². The highest BCUT2D eigenvalue weighted by Crippen LogP contribution is 2.28. The van der Waals surface area contributed by atoms with E-state index in [1.54, 1.807) is 12.1 Å². The Morgan fingerprint density at radius 3 is 2.42 bits per heavy atom. The van der Waals surface area contributed by atoms with Crippen molar-refractivity contribution < 1.29 is 9.21 Å². The van der Waals surface area contributed by atoms with Crippen LogP contribution in [0.3, 0.4) is 0 Å². The predicted molar refractivity (Wildman–Crippen MR) is 95.6 cm³/mol. The van der Waals surface area contributed by atoms with E-state index in [-0.39, 0.29) is 11.0 Å². The number of aryl methyl sites for hydroxylation is 1. The van der Waals surface area contributed by atoms with Gasteiger partial charge in [-0.05, 0) is 38.1 Å². The van der Waals surface area contributed by atoms with Gasteiger partial charge in [0.1, 0.15) is 0 Å². The number of halogens is 1. The Morgan fingerprint density at radius 1 is 1.08 bits per heavy atom. The van der Waals surface area contributed by atoms with Gasteiger partial charge in [-0.25, -0.2) is 0 Å². The molecule has 1 aromatic heterocycles. The highest BCUT2D eigenvalue weighted by Gasteiger charge is 2.20. The van der Waals surface area contributed by atoms with Crippen molar-refractivity contribution in [2.75, 3.05) is 0 Å². The maximum absolute atomic E-state index is 12.4. The Bertz CT molecular complexity index is 844. The number of nitrogens with zero attached hydrogens (tertiary/aromatic N) is 2. The average Bonchev–Trinajstić information content (AvgIpc) is 3.04. The third-order valence-electron chi connectivity index (χ3n) is 3.48. The Kier molecular flexibility index (Phi) is 5.02. The number of ketones is 1. The molecular formula is C18H15ClN2O2S. The molecule has 0 radical (unpaired) electrons. The summed E-state index contributed by atoms with van der Waals surface area (Å²) in [4.78, 5) is 12.4. The van der Waals surface area contributed by atoms with Crippen LogP contribution in [0.2, 0.25) is 5.02 Å². The van der Waals surface area contributed by atoms with Gasteiger partial charge in [-0.15, -0.1) is 10.2 Å². The summed E-state index contributed by atoms with van der Waals surface area (Å²) in [7, 11) is 0. The Hall–Kier alpha value is -2.11. The fourth-order valence-electron chi connectivity index (χ4n) is 2.12. The van der Waals surface area contributed by atoms with Crippen LogP contribution in [0.4, 0.5) is 0 Å². The predicted octanol–water partition coefficient (Wildman–Crippen LogP) is 5.06. The van der Waals surface area contributed by atoms with Crippen LogP contribution in [0.1, 0.15) is 22.8 Å². The molecule has 0 spiro atoms. The van der Waals surface area contributed by atoms with Gasteiger partial charge in [-0.2, -0.15) is 0 Å². The molecular weight excluding hydrogens is 344 g/mol. The highest BCUT2D eigenvalue weighted by atomic mass is 35.5. The number of aromatic nitrogens is 2. The van der Waals surface area contributed by atoms with E-state index in [2.05, 4.69) is 10.2 Å². The molecule has 0 amide bonds. The number of hydrogen-bond acceptors (Lipinski definition) is 5. The SMILES string of the molecule is Cc1ccc(C(=O)[C@H](C)Sc2nnc(-c3ccc(Cl)cc3)o2)cc1. The second-order valence-corrected chi connectivity index (χ2v) is 7.10. The average molecular weight is 359 g/mol. The second kappa shape index (κ2) is 7.20. The summed E-state index contributed by atoms with van der Waals surface area (Å²) in [6.45, 7) is 3.82. The van der Waals surface area contributed by atoms with Crippen molar-refractivity contribution in [1.29, 1.82) is 0 Å². The molecule has 0 saturated carbocycles. The Labute approximate surface area is 149 Å². The monoisotopic (exact) mass is 358 g/mol. The minimum Gasteiger partial charge on any atom is -0.411 e. The molecule has 4 nitrogen and oxygen atoms in total. The maximum Gasteiger partial charge on any atom is 0.277 e. The molecule has 24 heavy (non-hydrogen) atoms. The van der Waals surface area contributed by atoms with Gasteiger partial charge in [0.05, 0.1) is 5.25 Å². The van der Waals surface area contributed by atoms with E-state index < -0.39 is 0 Å². The summed E-state index contributed by atoms with van der Waals surface area (Å²) in [6.07, 6.45) is 0. The van der Waals surface area contributed by atoms with Crippen molar-refractivity contribution >= 4 is 29.1 Å². The van der Waals surface area contributed by atoms with E-state index in [9.17, 15) is 4.79 Å². The number of hydrogen-bond donors (Lipinski definition) is 0. The van der Waals surface area contributed by atoms with Crippen LogP contribution in [0.15, 0.2) is 58.2 Å². The van der Waals surface area contributed by atoms with Gasteiger partial charge in [0.2, 0.25) is 5.89 Å². The van der Waals surface area contributed by atoms with Gasteiger partial charge >= 0.3 is 0 Å². The molecule has 3 rings (SSSR count). The first-order chi connectivity index (χ1) is 11.5. The van der Waals surface area contributed by atoms with Crippen molar-refractivity contribution in [1.82, 2.24) is 10.2 Å². The molecule has 1 heterocycles. The fourth-order valence-corrected chi connectivity index (χ4v) is 3.01. The number of thioether (sulfide) groups is 1. The Morgan fingerprint density at radius 2 is 1.75 bits per heavy atom. The minimum absolute atomic E-state index is 0.0336. The lowest BCUT2D eigenvalue weighted by Gasteiger charge is -2.07. The van der Waals surface area contributed by atoms with Crippen LogP contribution in [0, 0.1) is 6.92 Å². The molecule has 2 aromatic carbocycles. The molecule has 122 valence electrons. The van der Waals surface area contributed by atoms with Crippen molar-refractivity contribution in [3.05, 3.63) is 64.7 Å². The molecule has 0 aliphatic rings. The van der Waals surface area contributed by atoms with E-state index in [1.807, 2.05) is 50.2 Å². The van der Waals surface area contributed by atoms with Crippen molar-refractivity contribution in [3.8, 4) is 11.5 Å². The van der Waals surface area contributed by atoms with Gasteiger partial charge in [-0.1, -0.05) is 53.2 Å². The number of Topliss-reactive ketones (excluding diaryl/α,β-unsaturated/α-hetero) is 1. The summed E-state index contributed by atoms with van der Waals surface area (Å²) in [5, 5.41) is 8.73. The summed E-state index contributed by atoms with van der Waals surface area (Å²) >= 11 is 7.12. The molecule has 0 N–H and O–H groups in total. The molecule has 0 unspecified atom stereocenters. The Balaban J connectivity index is 1.70. The van der Waals surface area contributed by atoms with Crippen molar-refractivity contribution in [2.24, 2.45) is 0 Å². The van der Waals surface area contributed by atoms with Crippen LogP contribution < -0.4 is 0 Å². The summed E-state index contributed by atoms with van der Waals surface area (Å²) in [5.74, 6) is 0.440. The van der Waals surface area contributed by atoms with E-state index in [4.69, 9.17) is 16.0 Å². The number of carbonyl (C=O) groups is 1. The standard InChI is InChI=1S/C18H15ClN2O2S/c1-11-3-5-13(6-4-11)16(22)12(2)24-18-21-20-17(23-18)14-7-9-15(19)10-8-14/h3-10,12H,1-2H3/t12-/m0/s1. The first kappa shape index (κ1) is 16.7. The highest BCUT2D eigenvalue weighted by molar-refractivity contribution is 8.00. The zero-order chi connectivity index (χ0) is 17.1. The summed E-state index contributed by atoms with van der Waals surface area (Å²) < 4.78 is 5.63. The van der Waals surface area contributed by atoms with E-state index in [0.29, 0.717) is 21.7 Å². The minimum atomic E-state index is -0.314. The van der Waals surface area contributed by atoms with Crippen molar-refractivity contribution in [3.63, 3.8) is 0 Å². The largest absolute Gasteiger partial charge is 0.411 e. The van der Waals surface area contributed by atoms with Gasteiger partial charge < -0.3 is 4.42 Å². The van der Waals surface area contributed by atoms with E-state index >= 15 is 0 Å². The lowest BCUT2D eigenvalue weighted by Crippen LogP contribution is -2.13. The van der Waals surface area contributed by atoms with Crippen LogP contribution >= 0.6 is 23.4 Å². The number of rotatable bonds is 5. The molecule has 0 aliphatic heterocycles. The van der Waals surface area contributed by atoms with E-state index in [1.165, 1.54) is 11.8 Å². The molecule has 0 bridgehead atoms. The lowest BCUT2D eigenvalue weighted by atomic mass is 10.1. The molecule has 1 atom stereocenters. The van der Waals surface area contributed by atoms with Gasteiger partial charge in [-0.3, -0.25) is 4.79 Å². The number of benzene rings is 2. The van der Waals surface area contributed by atoms with Gasteiger partial charge in [0.25, 0.3) is 5.22 Å². The van der Waals surface area contributed by atoms with Gasteiger partial charge in [0.15, 0.2) is 5.78 Å². The lowest BCUT2D eigenvalue weighted by molar-refractivity contribution is 0.0993. The van der Waals surface area contributed by atoms with Crippen molar-refractivity contribution in [2.45, 2.75) is 24.3 Å². The fraction of sp³-hybridized carbons (Fsp3) is 0.167. The number of carbonyl (C=O) groups excluding carboxylic acids is 1. The zero-order valence-corrected chi connectivity index (χ0v) is 14.8. The topological polar surface area (TPSA) is 56.0 Å². The van der Waals surface area contributed by atoms with Crippen LogP contribution in [-0.2, 0) is 0 Å². The van der Waals surface area contributed by atoms with Crippen LogP contribution in [0.25, 0.3) is 11.5 Å². The molecule has 6 heteroatoms. The molecule has 0 aliphatic carbocycles. The third kappa shape index (κ3) is 3.86. The quantitative estimate of drug-likeness (QED) is 0.471. The zero-order valence-electron chi connectivity index (χ0n) is 13.2.